The minimum Gasteiger partial charge on any atom is -0.207 e. The van der Waals surface area contributed by atoms with Crippen molar-refractivity contribution in [2.75, 3.05) is 0 Å². The van der Waals surface area contributed by atoms with Gasteiger partial charge in [-0.15, -0.1) is 0 Å². The number of hydrogen-bond donors (Lipinski definition) is 0. The van der Waals surface area contributed by atoms with Gasteiger partial charge in [-0.25, -0.2) is 4.39 Å². The number of hydrogen-bond acceptors (Lipinski definition) is 0. The van der Waals surface area contributed by atoms with Gasteiger partial charge in [0.25, 0.3) is 0 Å². The zero-order chi connectivity index (χ0) is 12.3. The summed E-state index contributed by atoms with van der Waals surface area (Å²) in [7, 11) is 0. The zero-order valence-electron chi connectivity index (χ0n) is 11.1. The first-order valence-corrected chi connectivity index (χ1v) is 6.08. The first-order valence-electron chi connectivity index (χ1n) is 6.08. The number of halogens is 1. The van der Waals surface area contributed by atoms with E-state index < -0.39 is 0 Å². The highest BCUT2D eigenvalue weighted by Gasteiger charge is 2.21. The molecule has 0 aliphatic heterocycles. The van der Waals surface area contributed by atoms with Gasteiger partial charge in [-0.2, -0.15) is 0 Å². The van der Waals surface area contributed by atoms with Gasteiger partial charge >= 0.3 is 0 Å². The summed E-state index contributed by atoms with van der Waals surface area (Å²) in [5, 5.41) is 0. The summed E-state index contributed by atoms with van der Waals surface area (Å²) < 4.78 is 13.4. The number of rotatable bonds is 4. The molecule has 0 aliphatic carbocycles. The standard InChI is InChI=1S/C15H23F/c1-11(2)15(4,5)9-8-13-7-6-12(3)14(16)10-13/h6-7,10-11H,8-9H2,1-5H3. The Kier molecular flexibility index (Phi) is 4.12. The minimum absolute atomic E-state index is 0.0835. The van der Waals surface area contributed by atoms with Gasteiger partial charge in [0.1, 0.15) is 5.82 Å². The maximum absolute atomic E-state index is 13.4. The summed E-state index contributed by atoms with van der Waals surface area (Å²) in [5.41, 5.74) is 2.16. The second-order valence-electron chi connectivity index (χ2n) is 5.73. The van der Waals surface area contributed by atoms with Crippen LogP contribution in [0.5, 0.6) is 0 Å². The molecule has 16 heavy (non-hydrogen) atoms. The topological polar surface area (TPSA) is 0 Å². The van der Waals surface area contributed by atoms with Crippen molar-refractivity contribution in [1.82, 2.24) is 0 Å². The van der Waals surface area contributed by atoms with Crippen molar-refractivity contribution in [3.05, 3.63) is 35.1 Å². The Morgan fingerprint density at radius 1 is 1.25 bits per heavy atom. The molecule has 0 N–H and O–H groups in total. The van der Waals surface area contributed by atoms with Gasteiger partial charge in [0.15, 0.2) is 0 Å². The largest absolute Gasteiger partial charge is 0.207 e. The fraction of sp³-hybridized carbons (Fsp3) is 0.600. The third-order valence-electron chi connectivity index (χ3n) is 3.86. The molecule has 0 unspecified atom stereocenters. The lowest BCUT2D eigenvalue weighted by Crippen LogP contribution is -2.19. The van der Waals surface area contributed by atoms with Gasteiger partial charge in [-0.3, -0.25) is 0 Å². The monoisotopic (exact) mass is 222 g/mol. The van der Waals surface area contributed by atoms with Crippen LogP contribution >= 0.6 is 0 Å². The highest BCUT2D eigenvalue weighted by molar-refractivity contribution is 5.23. The molecular weight excluding hydrogens is 199 g/mol. The van der Waals surface area contributed by atoms with Crippen LogP contribution in [0.1, 0.15) is 45.2 Å². The van der Waals surface area contributed by atoms with E-state index in [4.69, 9.17) is 0 Å². The lowest BCUT2D eigenvalue weighted by molar-refractivity contribution is 0.229. The van der Waals surface area contributed by atoms with Crippen LogP contribution in [0, 0.1) is 24.1 Å². The molecule has 0 amide bonds. The number of aryl methyl sites for hydroxylation is 2. The van der Waals surface area contributed by atoms with Crippen molar-refractivity contribution in [2.24, 2.45) is 11.3 Å². The molecule has 90 valence electrons. The first-order chi connectivity index (χ1) is 7.33. The molecule has 0 radical (unpaired) electrons. The van der Waals surface area contributed by atoms with Crippen molar-refractivity contribution in [3.63, 3.8) is 0 Å². The van der Waals surface area contributed by atoms with E-state index in [-0.39, 0.29) is 5.82 Å². The van der Waals surface area contributed by atoms with E-state index in [2.05, 4.69) is 27.7 Å². The third kappa shape index (κ3) is 3.33. The second-order valence-corrected chi connectivity index (χ2v) is 5.73. The highest BCUT2D eigenvalue weighted by atomic mass is 19.1. The first kappa shape index (κ1) is 13.2. The second kappa shape index (κ2) is 4.99. The van der Waals surface area contributed by atoms with Gasteiger partial charge in [0, 0.05) is 0 Å². The van der Waals surface area contributed by atoms with Crippen molar-refractivity contribution in [1.29, 1.82) is 0 Å². The third-order valence-corrected chi connectivity index (χ3v) is 3.86. The van der Waals surface area contributed by atoms with Crippen LogP contribution in [0.2, 0.25) is 0 Å². The molecule has 0 aromatic heterocycles. The van der Waals surface area contributed by atoms with E-state index in [0.29, 0.717) is 11.3 Å². The van der Waals surface area contributed by atoms with E-state index in [1.165, 1.54) is 0 Å². The number of benzene rings is 1. The zero-order valence-corrected chi connectivity index (χ0v) is 11.1. The molecule has 1 aromatic carbocycles. The van der Waals surface area contributed by atoms with E-state index in [1.54, 1.807) is 13.0 Å². The van der Waals surface area contributed by atoms with E-state index in [9.17, 15) is 4.39 Å². The van der Waals surface area contributed by atoms with Gasteiger partial charge in [-0.1, -0.05) is 39.8 Å². The van der Waals surface area contributed by atoms with Crippen LogP contribution in [0.3, 0.4) is 0 Å². The maximum atomic E-state index is 13.4. The molecule has 0 atom stereocenters. The fourth-order valence-corrected chi connectivity index (χ4v) is 1.55. The highest BCUT2D eigenvalue weighted by Crippen LogP contribution is 2.31. The average Bonchev–Trinajstić information content (AvgIpc) is 2.20. The molecule has 0 heterocycles. The van der Waals surface area contributed by atoms with Gasteiger partial charge < -0.3 is 0 Å². The lowest BCUT2D eigenvalue weighted by Gasteiger charge is -2.29. The summed E-state index contributed by atoms with van der Waals surface area (Å²) in [4.78, 5) is 0. The van der Waals surface area contributed by atoms with Gasteiger partial charge in [0.05, 0.1) is 0 Å². The molecule has 0 nitrogen and oxygen atoms in total. The van der Waals surface area contributed by atoms with Gasteiger partial charge in [0.2, 0.25) is 0 Å². The van der Waals surface area contributed by atoms with Crippen molar-refractivity contribution >= 4 is 0 Å². The molecule has 1 heteroatoms. The summed E-state index contributed by atoms with van der Waals surface area (Å²) >= 11 is 0. The molecule has 0 saturated carbocycles. The average molecular weight is 222 g/mol. The Balaban J connectivity index is 2.65. The predicted molar refractivity (Wildman–Crippen MR) is 68.1 cm³/mol. The molecule has 1 rings (SSSR count). The summed E-state index contributed by atoms with van der Waals surface area (Å²) in [6.45, 7) is 10.9. The lowest BCUT2D eigenvalue weighted by atomic mass is 9.77. The summed E-state index contributed by atoms with van der Waals surface area (Å²) in [6, 6.07) is 5.58. The Morgan fingerprint density at radius 2 is 1.88 bits per heavy atom. The molecule has 1 aromatic rings. The van der Waals surface area contributed by atoms with Crippen molar-refractivity contribution in [2.45, 2.75) is 47.5 Å². The Labute approximate surface area is 98.9 Å². The fourth-order valence-electron chi connectivity index (χ4n) is 1.55. The van der Waals surface area contributed by atoms with Crippen molar-refractivity contribution in [3.8, 4) is 0 Å². The Hall–Kier alpha value is -0.850. The quantitative estimate of drug-likeness (QED) is 0.689. The molecule has 0 saturated heterocycles. The van der Waals surface area contributed by atoms with Crippen LogP contribution in [0.4, 0.5) is 4.39 Å². The van der Waals surface area contributed by atoms with Crippen molar-refractivity contribution < 1.29 is 4.39 Å². The van der Waals surface area contributed by atoms with Crippen LogP contribution in [0.25, 0.3) is 0 Å². The molecular formula is C15H23F. The minimum atomic E-state index is -0.0835. The SMILES string of the molecule is Cc1ccc(CCC(C)(C)C(C)C)cc1F. The van der Waals surface area contributed by atoms with E-state index >= 15 is 0 Å². The molecule has 0 bridgehead atoms. The van der Waals surface area contributed by atoms with Gasteiger partial charge in [-0.05, 0) is 48.3 Å². The molecule has 0 fully saturated rings. The summed E-state index contributed by atoms with van der Waals surface area (Å²) in [5.74, 6) is 0.572. The predicted octanol–water partition coefficient (Wildman–Crippen LogP) is 4.75. The Bertz CT molecular complexity index is 350. The smallest absolute Gasteiger partial charge is 0.126 e. The van der Waals surface area contributed by atoms with Crippen LogP contribution in [0.15, 0.2) is 18.2 Å². The normalized spacial score (nSPS) is 12.2. The van der Waals surface area contributed by atoms with E-state index in [1.807, 2.05) is 12.1 Å². The van der Waals surface area contributed by atoms with Crippen LogP contribution < -0.4 is 0 Å². The van der Waals surface area contributed by atoms with E-state index in [0.717, 1.165) is 24.0 Å². The summed E-state index contributed by atoms with van der Waals surface area (Å²) in [6.07, 6.45) is 2.07. The maximum Gasteiger partial charge on any atom is 0.126 e. The Morgan fingerprint density at radius 3 is 2.38 bits per heavy atom. The van der Waals surface area contributed by atoms with Crippen LogP contribution in [-0.4, -0.2) is 0 Å². The molecule has 0 spiro atoms. The molecule has 0 aliphatic rings. The van der Waals surface area contributed by atoms with Crippen LogP contribution in [-0.2, 0) is 6.42 Å².